The minimum absolute atomic E-state index is 0.0729. The third kappa shape index (κ3) is 1.94. The van der Waals surface area contributed by atoms with Gasteiger partial charge in [-0.05, 0) is 0 Å². The van der Waals surface area contributed by atoms with Gasteiger partial charge in [-0.1, -0.05) is 0 Å². The number of hydrogen-bond donors (Lipinski definition) is 3. The van der Waals surface area contributed by atoms with Gasteiger partial charge in [0.1, 0.15) is 6.54 Å². The van der Waals surface area contributed by atoms with E-state index in [2.05, 4.69) is 5.10 Å². The minimum Gasteiger partial charge on any atom is -0.368 e. The van der Waals surface area contributed by atoms with Crippen molar-refractivity contribution in [2.75, 3.05) is 5.23 Å². The van der Waals surface area contributed by atoms with Crippen molar-refractivity contribution in [3.05, 3.63) is 12.3 Å². The van der Waals surface area contributed by atoms with Crippen LogP contribution in [0.3, 0.4) is 0 Å². The topological polar surface area (TPSA) is 105 Å². The van der Waals surface area contributed by atoms with Gasteiger partial charge in [-0.3, -0.25) is 19.9 Å². The molecule has 0 bridgehead atoms. The molecule has 0 aliphatic rings. The van der Waals surface area contributed by atoms with Crippen molar-refractivity contribution in [2.45, 2.75) is 6.54 Å². The first-order chi connectivity index (χ1) is 5.59. The molecule has 12 heavy (non-hydrogen) atoms. The molecule has 1 aromatic rings. The van der Waals surface area contributed by atoms with Crippen LogP contribution in [0, 0.1) is 0 Å². The molecular formula is C5H8N4O3. The van der Waals surface area contributed by atoms with Crippen molar-refractivity contribution in [2.24, 2.45) is 5.73 Å². The summed E-state index contributed by atoms with van der Waals surface area (Å²) in [6.07, 6.45) is 1.40. The van der Waals surface area contributed by atoms with Crippen LogP contribution in [0.4, 0.5) is 5.82 Å². The van der Waals surface area contributed by atoms with Gasteiger partial charge in [0.25, 0.3) is 0 Å². The highest BCUT2D eigenvalue weighted by molar-refractivity contribution is 5.73. The fourth-order valence-corrected chi connectivity index (χ4v) is 0.705. The fraction of sp³-hybridized carbons (Fsp3) is 0.200. The zero-order valence-electron chi connectivity index (χ0n) is 6.08. The summed E-state index contributed by atoms with van der Waals surface area (Å²) in [6, 6.07) is 1.32. The van der Waals surface area contributed by atoms with Crippen molar-refractivity contribution in [3.8, 4) is 0 Å². The molecule has 1 rings (SSSR count). The van der Waals surface area contributed by atoms with Crippen molar-refractivity contribution < 1.29 is 15.2 Å². The molecule has 1 aromatic heterocycles. The summed E-state index contributed by atoms with van der Waals surface area (Å²) >= 11 is 0. The number of anilines is 1. The lowest BCUT2D eigenvalue weighted by atomic mass is 10.6. The predicted molar refractivity (Wildman–Crippen MR) is 37.5 cm³/mol. The van der Waals surface area contributed by atoms with Crippen LogP contribution >= 0.6 is 0 Å². The molecule has 4 N–H and O–H groups in total. The first-order valence-electron chi connectivity index (χ1n) is 3.09. The molecule has 1 heterocycles. The summed E-state index contributed by atoms with van der Waals surface area (Å²) < 4.78 is 1.19. The SMILES string of the molecule is NC(=O)Cn1ccc(N(O)O)n1. The van der Waals surface area contributed by atoms with Crippen molar-refractivity contribution in [1.82, 2.24) is 9.78 Å². The molecule has 0 spiro atoms. The van der Waals surface area contributed by atoms with Gasteiger partial charge in [0.2, 0.25) is 11.7 Å². The quantitative estimate of drug-likeness (QED) is 0.505. The Morgan fingerprint density at radius 3 is 2.83 bits per heavy atom. The molecular weight excluding hydrogens is 164 g/mol. The average Bonchev–Trinajstić information content (AvgIpc) is 2.34. The molecule has 0 unspecified atom stereocenters. The number of carbonyl (C=O) groups is 1. The number of primary amides is 1. The van der Waals surface area contributed by atoms with Gasteiger partial charge < -0.3 is 5.73 Å². The summed E-state index contributed by atoms with van der Waals surface area (Å²) in [5.74, 6) is -0.622. The highest BCUT2D eigenvalue weighted by Gasteiger charge is 2.04. The van der Waals surface area contributed by atoms with Gasteiger partial charge in [0.05, 0.1) is 0 Å². The number of nitrogens with zero attached hydrogens (tertiary/aromatic N) is 3. The van der Waals surface area contributed by atoms with Crippen LogP contribution in [0.15, 0.2) is 12.3 Å². The third-order valence-electron chi connectivity index (χ3n) is 1.15. The molecule has 0 radical (unpaired) electrons. The summed E-state index contributed by atoms with van der Waals surface area (Å²) in [5.41, 5.74) is 4.87. The number of nitrogens with two attached hydrogens (primary N) is 1. The Morgan fingerprint density at radius 2 is 2.42 bits per heavy atom. The van der Waals surface area contributed by atoms with E-state index < -0.39 is 5.91 Å². The molecule has 0 saturated heterocycles. The molecule has 0 aliphatic heterocycles. The average molecular weight is 172 g/mol. The first-order valence-corrected chi connectivity index (χ1v) is 3.09. The monoisotopic (exact) mass is 172 g/mol. The smallest absolute Gasteiger partial charge is 0.239 e. The Morgan fingerprint density at radius 1 is 1.75 bits per heavy atom. The van der Waals surface area contributed by atoms with E-state index >= 15 is 0 Å². The lowest BCUT2D eigenvalue weighted by Gasteiger charge is -2.01. The van der Waals surface area contributed by atoms with Crippen molar-refractivity contribution in [3.63, 3.8) is 0 Å². The van der Waals surface area contributed by atoms with Gasteiger partial charge in [0, 0.05) is 12.3 Å². The second kappa shape index (κ2) is 3.20. The van der Waals surface area contributed by atoms with E-state index in [0.717, 1.165) is 0 Å². The van der Waals surface area contributed by atoms with Crippen LogP contribution in [0.5, 0.6) is 0 Å². The summed E-state index contributed by atoms with van der Waals surface area (Å²) in [7, 11) is 0. The van der Waals surface area contributed by atoms with Crippen molar-refractivity contribution in [1.29, 1.82) is 0 Å². The van der Waals surface area contributed by atoms with E-state index in [4.69, 9.17) is 16.1 Å². The van der Waals surface area contributed by atoms with Crippen LogP contribution in [-0.4, -0.2) is 26.1 Å². The maximum absolute atomic E-state index is 10.4. The van der Waals surface area contributed by atoms with Crippen LogP contribution in [-0.2, 0) is 11.3 Å². The number of carbonyl (C=O) groups excluding carboxylic acids is 1. The van der Waals surface area contributed by atoms with Gasteiger partial charge in [-0.2, -0.15) is 0 Å². The number of rotatable bonds is 3. The molecule has 0 aromatic carbocycles. The maximum atomic E-state index is 10.4. The molecule has 66 valence electrons. The van der Waals surface area contributed by atoms with Gasteiger partial charge >= 0.3 is 0 Å². The Hall–Kier alpha value is -1.60. The zero-order valence-corrected chi connectivity index (χ0v) is 6.08. The minimum atomic E-state index is -0.549. The largest absolute Gasteiger partial charge is 0.368 e. The van der Waals surface area contributed by atoms with E-state index in [1.54, 1.807) is 0 Å². The van der Waals surface area contributed by atoms with Gasteiger partial charge in [-0.15, -0.1) is 10.3 Å². The standard InChI is InChI=1S/C5H8N4O3/c6-4(10)3-8-2-1-5(7-8)9(11)12/h1-2,11-12H,3H2,(H2,6,10). The molecule has 7 heteroatoms. The molecule has 7 nitrogen and oxygen atoms in total. The zero-order chi connectivity index (χ0) is 9.14. The van der Waals surface area contributed by atoms with E-state index in [1.807, 2.05) is 0 Å². The third-order valence-corrected chi connectivity index (χ3v) is 1.15. The van der Waals surface area contributed by atoms with E-state index in [9.17, 15) is 4.79 Å². The molecule has 0 atom stereocenters. The summed E-state index contributed by atoms with van der Waals surface area (Å²) in [5, 5.41) is 20.4. The normalized spacial score (nSPS) is 9.83. The number of amides is 1. The van der Waals surface area contributed by atoms with Crippen LogP contribution in [0.2, 0.25) is 0 Å². The fourth-order valence-electron chi connectivity index (χ4n) is 0.705. The molecule has 0 aliphatic carbocycles. The number of hydrogen-bond acceptors (Lipinski definition) is 5. The highest BCUT2D eigenvalue weighted by Crippen LogP contribution is 2.04. The van der Waals surface area contributed by atoms with E-state index in [1.165, 1.54) is 16.9 Å². The lowest BCUT2D eigenvalue weighted by molar-refractivity contribution is -0.118. The van der Waals surface area contributed by atoms with E-state index in [-0.39, 0.29) is 17.6 Å². The molecule has 0 fully saturated rings. The lowest BCUT2D eigenvalue weighted by Crippen LogP contribution is -2.19. The van der Waals surface area contributed by atoms with Crippen molar-refractivity contribution >= 4 is 11.7 Å². The van der Waals surface area contributed by atoms with Crippen LogP contribution in [0.1, 0.15) is 0 Å². The van der Waals surface area contributed by atoms with Gasteiger partial charge in [-0.25, -0.2) is 0 Å². The number of aromatic nitrogens is 2. The van der Waals surface area contributed by atoms with Crippen LogP contribution < -0.4 is 11.0 Å². The Labute approximate surface area is 67.5 Å². The Balaban J connectivity index is 2.70. The summed E-state index contributed by atoms with van der Waals surface area (Å²) in [6.45, 7) is -0.0894. The van der Waals surface area contributed by atoms with Crippen LogP contribution in [0.25, 0.3) is 0 Å². The second-order valence-corrected chi connectivity index (χ2v) is 2.13. The van der Waals surface area contributed by atoms with Gasteiger partial charge in [0.15, 0.2) is 0 Å². The Bertz CT molecular complexity index is 282. The molecule has 0 saturated carbocycles. The first kappa shape index (κ1) is 8.50. The van der Waals surface area contributed by atoms with E-state index in [0.29, 0.717) is 0 Å². The Kier molecular flexibility index (Phi) is 2.26. The predicted octanol–water partition coefficient (Wildman–Crippen LogP) is -1.05. The second-order valence-electron chi connectivity index (χ2n) is 2.13. The summed E-state index contributed by atoms with van der Waals surface area (Å²) in [4.78, 5) is 10.4. The maximum Gasteiger partial charge on any atom is 0.239 e. The molecule has 1 amide bonds. The highest BCUT2D eigenvalue weighted by atomic mass is 16.8.